The fraction of sp³-hybridized carbons (Fsp3) is 0.577. The van der Waals surface area contributed by atoms with Gasteiger partial charge in [0.05, 0.1) is 23.6 Å². The minimum absolute atomic E-state index is 0.369. The number of hydrogen-bond donors (Lipinski definition) is 1. The van der Waals surface area contributed by atoms with Crippen molar-refractivity contribution in [1.82, 2.24) is 10.2 Å². The maximum absolute atomic E-state index is 11.6. The molecule has 6 nitrogen and oxygen atoms in total. The summed E-state index contributed by atoms with van der Waals surface area (Å²) in [7, 11) is 0. The van der Waals surface area contributed by atoms with Crippen molar-refractivity contribution in [3.63, 3.8) is 0 Å². The molecule has 2 aliphatic rings. The number of nitrogens with zero attached hydrogens (tertiary/aromatic N) is 1. The Kier molecular flexibility index (Phi) is 6.79. The standard InChI is InChI=1S/C26H34N2O4/c29-25-8-7-21-24(32-25)17-23-22(11-16-30-23)26(21)31-15-4-12-28-13-9-20(10-14-28)27-18-19-5-2-1-3-6-19/h7-8,11,16-17,19-20,27H,1-6,9-10,12-15,18H2. The van der Waals surface area contributed by atoms with Gasteiger partial charge in [0.1, 0.15) is 16.9 Å². The fourth-order valence-electron chi connectivity index (χ4n) is 5.31. The molecule has 6 heteroatoms. The van der Waals surface area contributed by atoms with Crippen LogP contribution >= 0.6 is 0 Å². The molecule has 1 saturated heterocycles. The molecule has 2 fully saturated rings. The van der Waals surface area contributed by atoms with Gasteiger partial charge in [0, 0.05) is 24.7 Å². The molecular formula is C26H34N2O4. The van der Waals surface area contributed by atoms with Crippen LogP contribution in [0.1, 0.15) is 51.4 Å². The summed E-state index contributed by atoms with van der Waals surface area (Å²) in [5, 5.41) is 5.57. The van der Waals surface area contributed by atoms with Crippen LogP contribution in [0.25, 0.3) is 21.9 Å². The summed E-state index contributed by atoms with van der Waals surface area (Å²) in [4.78, 5) is 14.2. The van der Waals surface area contributed by atoms with Crippen LogP contribution in [0.5, 0.6) is 5.75 Å². The number of furan rings is 1. The van der Waals surface area contributed by atoms with Gasteiger partial charge in [0.25, 0.3) is 0 Å². The second kappa shape index (κ2) is 10.1. The minimum atomic E-state index is -0.369. The summed E-state index contributed by atoms with van der Waals surface area (Å²) in [5.41, 5.74) is 0.799. The number of nitrogens with one attached hydrogen (secondary N) is 1. The lowest BCUT2D eigenvalue weighted by Gasteiger charge is -2.33. The van der Waals surface area contributed by atoms with Crippen LogP contribution < -0.4 is 15.7 Å². The molecule has 5 rings (SSSR count). The third kappa shape index (κ3) is 5.02. The number of hydrogen-bond acceptors (Lipinski definition) is 6. The quantitative estimate of drug-likeness (QED) is 0.397. The average Bonchev–Trinajstić information content (AvgIpc) is 3.29. The molecule has 0 radical (unpaired) electrons. The van der Waals surface area contributed by atoms with Gasteiger partial charge in [-0.05, 0) is 69.8 Å². The lowest BCUT2D eigenvalue weighted by Crippen LogP contribution is -2.44. The van der Waals surface area contributed by atoms with E-state index in [1.54, 1.807) is 18.4 Å². The zero-order chi connectivity index (χ0) is 21.8. The number of benzene rings is 1. The third-order valence-corrected chi connectivity index (χ3v) is 7.18. The number of likely N-dealkylation sites (tertiary alicyclic amines) is 1. The van der Waals surface area contributed by atoms with Crippen LogP contribution in [0.15, 0.2) is 44.2 Å². The largest absolute Gasteiger partial charge is 0.492 e. The van der Waals surface area contributed by atoms with E-state index in [2.05, 4.69) is 10.2 Å². The maximum Gasteiger partial charge on any atom is 0.336 e. The van der Waals surface area contributed by atoms with Crippen LogP contribution in [0.4, 0.5) is 0 Å². The summed E-state index contributed by atoms with van der Waals surface area (Å²) < 4.78 is 17.0. The van der Waals surface area contributed by atoms with Gasteiger partial charge in [-0.3, -0.25) is 0 Å². The van der Waals surface area contributed by atoms with Crippen molar-refractivity contribution in [2.45, 2.75) is 57.4 Å². The minimum Gasteiger partial charge on any atom is -0.492 e. The summed E-state index contributed by atoms with van der Waals surface area (Å²) in [6.07, 6.45) is 12.2. The smallest absolute Gasteiger partial charge is 0.336 e. The van der Waals surface area contributed by atoms with E-state index in [1.165, 1.54) is 57.6 Å². The second-order valence-corrected chi connectivity index (χ2v) is 9.43. The van der Waals surface area contributed by atoms with E-state index in [9.17, 15) is 4.79 Å². The zero-order valence-electron chi connectivity index (χ0n) is 18.8. The molecule has 0 amide bonds. The molecular weight excluding hydrogens is 404 g/mol. The Labute approximate surface area is 188 Å². The topological polar surface area (TPSA) is 67.8 Å². The third-order valence-electron chi connectivity index (χ3n) is 7.18. The van der Waals surface area contributed by atoms with E-state index in [0.29, 0.717) is 23.8 Å². The van der Waals surface area contributed by atoms with Crippen LogP contribution in [0.3, 0.4) is 0 Å². The van der Waals surface area contributed by atoms with Gasteiger partial charge in [-0.2, -0.15) is 0 Å². The van der Waals surface area contributed by atoms with E-state index < -0.39 is 0 Å². The van der Waals surface area contributed by atoms with Crippen molar-refractivity contribution in [3.05, 3.63) is 40.9 Å². The van der Waals surface area contributed by atoms with Crippen molar-refractivity contribution in [2.24, 2.45) is 5.92 Å². The predicted molar refractivity (Wildman–Crippen MR) is 126 cm³/mol. The Morgan fingerprint density at radius 2 is 1.81 bits per heavy atom. The molecule has 0 bridgehead atoms. The van der Waals surface area contributed by atoms with Crippen LogP contribution in [0, 0.1) is 5.92 Å². The van der Waals surface area contributed by atoms with Crippen LogP contribution in [-0.4, -0.2) is 43.7 Å². The maximum atomic E-state index is 11.6. The molecule has 1 aliphatic carbocycles. The van der Waals surface area contributed by atoms with E-state index in [0.717, 1.165) is 48.5 Å². The van der Waals surface area contributed by atoms with Crippen molar-refractivity contribution >= 4 is 21.9 Å². The van der Waals surface area contributed by atoms with Crippen molar-refractivity contribution in [2.75, 3.05) is 32.8 Å². The van der Waals surface area contributed by atoms with E-state index in [1.807, 2.05) is 6.07 Å². The SMILES string of the molecule is O=c1ccc2c(OCCCN3CCC(NCC4CCCCC4)CC3)c3ccoc3cc2o1. The zero-order valence-corrected chi connectivity index (χ0v) is 18.8. The first-order chi connectivity index (χ1) is 15.8. The Morgan fingerprint density at radius 3 is 2.66 bits per heavy atom. The number of piperidine rings is 1. The fourth-order valence-corrected chi connectivity index (χ4v) is 5.31. The lowest BCUT2D eigenvalue weighted by atomic mass is 9.89. The molecule has 3 aromatic rings. The Morgan fingerprint density at radius 1 is 1.00 bits per heavy atom. The van der Waals surface area contributed by atoms with Gasteiger partial charge >= 0.3 is 5.63 Å². The molecule has 1 saturated carbocycles. The van der Waals surface area contributed by atoms with Crippen molar-refractivity contribution in [3.8, 4) is 5.75 Å². The normalized spacial score (nSPS) is 19.1. The van der Waals surface area contributed by atoms with E-state index >= 15 is 0 Å². The predicted octanol–water partition coefficient (Wildman–Crippen LogP) is 4.94. The number of rotatable bonds is 8. The highest BCUT2D eigenvalue weighted by molar-refractivity contribution is 6.01. The van der Waals surface area contributed by atoms with Gasteiger partial charge in [0.15, 0.2) is 0 Å². The molecule has 1 aliphatic heterocycles. The highest BCUT2D eigenvalue weighted by atomic mass is 16.5. The average molecular weight is 439 g/mol. The van der Waals surface area contributed by atoms with Gasteiger partial charge in [-0.15, -0.1) is 0 Å². The second-order valence-electron chi connectivity index (χ2n) is 9.43. The molecule has 1 aromatic carbocycles. The van der Waals surface area contributed by atoms with Gasteiger partial charge in [0.2, 0.25) is 0 Å². The monoisotopic (exact) mass is 438 g/mol. The molecule has 0 unspecified atom stereocenters. The molecule has 172 valence electrons. The first-order valence-electron chi connectivity index (χ1n) is 12.3. The number of ether oxygens (including phenoxy) is 1. The Hall–Kier alpha value is -2.31. The van der Waals surface area contributed by atoms with Gasteiger partial charge in [-0.25, -0.2) is 4.79 Å². The molecule has 3 heterocycles. The van der Waals surface area contributed by atoms with Crippen LogP contribution in [0.2, 0.25) is 0 Å². The van der Waals surface area contributed by atoms with E-state index in [-0.39, 0.29) is 5.63 Å². The van der Waals surface area contributed by atoms with Gasteiger partial charge < -0.3 is 23.8 Å². The molecule has 2 aromatic heterocycles. The first kappa shape index (κ1) is 21.5. The summed E-state index contributed by atoms with van der Waals surface area (Å²) >= 11 is 0. The van der Waals surface area contributed by atoms with Crippen molar-refractivity contribution in [1.29, 1.82) is 0 Å². The summed E-state index contributed by atoms with van der Waals surface area (Å²) in [5.74, 6) is 1.64. The van der Waals surface area contributed by atoms with Gasteiger partial charge in [-0.1, -0.05) is 19.3 Å². The van der Waals surface area contributed by atoms with Crippen molar-refractivity contribution < 1.29 is 13.6 Å². The highest BCUT2D eigenvalue weighted by Crippen LogP contribution is 2.35. The number of fused-ring (bicyclic) bond motifs is 2. The summed E-state index contributed by atoms with van der Waals surface area (Å²) in [6, 6.07) is 7.55. The Bertz CT molecular complexity index is 1070. The molecule has 1 N–H and O–H groups in total. The summed E-state index contributed by atoms with van der Waals surface area (Å²) in [6.45, 7) is 5.20. The lowest BCUT2D eigenvalue weighted by molar-refractivity contribution is 0.178. The molecule has 0 spiro atoms. The highest BCUT2D eigenvalue weighted by Gasteiger charge is 2.21. The Balaban J connectivity index is 1.09. The van der Waals surface area contributed by atoms with E-state index in [4.69, 9.17) is 13.6 Å². The first-order valence-corrected chi connectivity index (χ1v) is 12.3. The molecule has 32 heavy (non-hydrogen) atoms. The van der Waals surface area contributed by atoms with Crippen LogP contribution in [-0.2, 0) is 0 Å². The molecule has 0 atom stereocenters.